The van der Waals surface area contributed by atoms with Gasteiger partial charge in [-0.15, -0.1) is 0 Å². The van der Waals surface area contributed by atoms with Gasteiger partial charge in [-0.1, -0.05) is 24.3 Å². The zero-order valence-electron chi connectivity index (χ0n) is 11.0. The average Bonchev–Trinajstić information content (AvgIpc) is 2.50. The summed E-state index contributed by atoms with van der Waals surface area (Å²) in [5.74, 6) is -0.389. The molecule has 2 aromatic carbocycles. The summed E-state index contributed by atoms with van der Waals surface area (Å²) in [4.78, 5) is 12.3. The van der Waals surface area contributed by atoms with E-state index < -0.39 is 0 Å². The van der Waals surface area contributed by atoms with Crippen LogP contribution in [0.5, 0.6) is 11.5 Å². The Bertz CT molecular complexity index is 891. The molecule has 0 aliphatic rings. The van der Waals surface area contributed by atoms with E-state index in [-0.39, 0.29) is 16.9 Å². The van der Waals surface area contributed by atoms with Crippen LogP contribution in [0.2, 0.25) is 0 Å². The minimum atomic E-state index is -0.206. The van der Waals surface area contributed by atoms with E-state index in [1.165, 1.54) is 18.4 Å². The Balaban J connectivity index is 2.01. The highest BCUT2D eigenvalue weighted by atomic mass is 16.3. The summed E-state index contributed by atoms with van der Waals surface area (Å²) < 4.78 is 5.41. The van der Waals surface area contributed by atoms with Crippen LogP contribution in [0.25, 0.3) is 23.1 Å². The minimum absolute atomic E-state index is 0.115. The van der Waals surface area contributed by atoms with Crippen LogP contribution in [0.4, 0.5) is 0 Å². The Hall–Kier alpha value is -3.01. The van der Waals surface area contributed by atoms with Crippen molar-refractivity contribution >= 4 is 23.1 Å². The van der Waals surface area contributed by atoms with E-state index in [2.05, 4.69) is 0 Å². The Morgan fingerprint density at radius 2 is 1.76 bits per heavy atom. The molecular weight excluding hydrogens is 268 g/mol. The van der Waals surface area contributed by atoms with Gasteiger partial charge in [-0.25, -0.2) is 0 Å². The molecule has 0 aliphatic carbocycles. The number of phenolic OH excluding ortho intramolecular Hbond substituents is 2. The van der Waals surface area contributed by atoms with E-state index in [0.717, 1.165) is 0 Å². The molecule has 0 bridgehead atoms. The summed E-state index contributed by atoms with van der Waals surface area (Å²) in [6.45, 7) is 0. The van der Waals surface area contributed by atoms with Crippen molar-refractivity contribution in [3.05, 3.63) is 70.1 Å². The first-order chi connectivity index (χ1) is 10.1. The third-order valence-electron chi connectivity index (χ3n) is 3.16. The lowest BCUT2D eigenvalue weighted by Gasteiger charge is -1.99. The van der Waals surface area contributed by atoms with Crippen molar-refractivity contribution in [1.82, 2.24) is 0 Å². The van der Waals surface area contributed by atoms with E-state index in [1.54, 1.807) is 42.5 Å². The van der Waals surface area contributed by atoms with Crippen molar-refractivity contribution in [2.75, 3.05) is 0 Å². The van der Waals surface area contributed by atoms with Crippen molar-refractivity contribution < 1.29 is 14.6 Å². The van der Waals surface area contributed by atoms with Gasteiger partial charge in [0.05, 0.1) is 10.9 Å². The maximum Gasteiger partial charge on any atom is 0.199 e. The second-order valence-electron chi connectivity index (χ2n) is 4.60. The number of hydrogen-bond donors (Lipinski definition) is 2. The molecule has 3 rings (SSSR count). The number of para-hydroxylation sites is 1. The summed E-state index contributed by atoms with van der Waals surface area (Å²) in [7, 11) is 0. The number of aromatic hydroxyl groups is 2. The van der Waals surface area contributed by atoms with Gasteiger partial charge in [-0.3, -0.25) is 4.79 Å². The first-order valence-corrected chi connectivity index (χ1v) is 6.36. The molecule has 2 N–H and O–H groups in total. The molecule has 3 aromatic rings. The minimum Gasteiger partial charge on any atom is -0.504 e. The normalized spacial score (nSPS) is 11.2. The standard InChI is InChI=1S/C17H12O4/c18-14-8-6-11(9-15(14)19)5-7-12-10-21-16-4-2-1-3-13(16)17(12)20/h1-10,18-19H/b7-5+. The third-order valence-corrected chi connectivity index (χ3v) is 3.16. The summed E-state index contributed by atoms with van der Waals surface area (Å²) in [6.07, 6.45) is 4.69. The van der Waals surface area contributed by atoms with Crippen molar-refractivity contribution in [2.24, 2.45) is 0 Å². The molecule has 1 heterocycles. The Morgan fingerprint density at radius 1 is 0.952 bits per heavy atom. The quantitative estimate of drug-likeness (QED) is 0.706. The zero-order chi connectivity index (χ0) is 14.8. The van der Waals surface area contributed by atoms with Crippen LogP contribution in [-0.2, 0) is 0 Å². The fourth-order valence-electron chi connectivity index (χ4n) is 2.04. The average molecular weight is 280 g/mol. The molecule has 0 saturated carbocycles. The number of hydrogen-bond acceptors (Lipinski definition) is 4. The summed E-state index contributed by atoms with van der Waals surface area (Å²) in [5.41, 5.74) is 1.51. The van der Waals surface area contributed by atoms with Gasteiger partial charge in [-0.05, 0) is 35.9 Å². The van der Waals surface area contributed by atoms with Gasteiger partial charge in [0, 0.05) is 0 Å². The first kappa shape index (κ1) is 13.0. The van der Waals surface area contributed by atoms with Crippen LogP contribution in [0.1, 0.15) is 11.1 Å². The molecular formula is C17H12O4. The van der Waals surface area contributed by atoms with Gasteiger partial charge in [-0.2, -0.15) is 0 Å². The fraction of sp³-hybridized carbons (Fsp3) is 0. The lowest BCUT2D eigenvalue weighted by molar-refractivity contribution is 0.403. The largest absolute Gasteiger partial charge is 0.504 e. The van der Waals surface area contributed by atoms with Crippen LogP contribution >= 0.6 is 0 Å². The van der Waals surface area contributed by atoms with Gasteiger partial charge < -0.3 is 14.6 Å². The highest BCUT2D eigenvalue weighted by Crippen LogP contribution is 2.25. The maximum atomic E-state index is 12.3. The molecule has 0 fully saturated rings. The van der Waals surface area contributed by atoms with E-state index in [0.29, 0.717) is 22.1 Å². The lowest BCUT2D eigenvalue weighted by atomic mass is 10.1. The summed E-state index contributed by atoms with van der Waals surface area (Å²) >= 11 is 0. The van der Waals surface area contributed by atoms with Crippen molar-refractivity contribution in [2.45, 2.75) is 0 Å². The molecule has 0 unspecified atom stereocenters. The van der Waals surface area contributed by atoms with E-state index in [9.17, 15) is 15.0 Å². The van der Waals surface area contributed by atoms with Gasteiger partial charge >= 0.3 is 0 Å². The predicted octanol–water partition coefficient (Wildman–Crippen LogP) is 3.37. The van der Waals surface area contributed by atoms with Crippen LogP contribution in [0.15, 0.2) is 57.9 Å². The molecule has 0 spiro atoms. The topological polar surface area (TPSA) is 70.7 Å². The van der Waals surface area contributed by atoms with Gasteiger partial charge in [0.1, 0.15) is 11.8 Å². The Labute approximate surface area is 120 Å². The van der Waals surface area contributed by atoms with Crippen molar-refractivity contribution in [3.8, 4) is 11.5 Å². The summed E-state index contributed by atoms with van der Waals surface area (Å²) in [5, 5.41) is 19.2. The molecule has 4 heteroatoms. The first-order valence-electron chi connectivity index (χ1n) is 6.36. The van der Waals surface area contributed by atoms with Gasteiger partial charge in [0.2, 0.25) is 0 Å². The fourth-order valence-corrected chi connectivity index (χ4v) is 2.04. The van der Waals surface area contributed by atoms with Crippen LogP contribution in [0, 0.1) is 0 Å². The van der Waals surface area contributed by atoms with Gasteiger partial charge in [0.25, 0.3) is 0 Å². The highest BCUT2D eigenvalue weighted by molar-refractivity contribution is 5.80. The van der Waals surface area contributed by atoms with Crippen LogP contribution in [-0.4, -0.2) is 10.2 Å². The van der Waals surface area contributed by atoms with E-state index in [1.807, 2.05) is 0 Å². The lowest BCUT2D eigenvalue weighted by Crippen LogP contribution is -2.04. The number of fused-ring (bicyclic) bond motifs is 1. The van der Waals surface area contributed by atoms with E-state index in [4.69, 9.17) is 4.42 Å². The molecule has 0 atom stereocenters. The Kier molecular flexibility index (Phi) is 3.20. The second-order valence-corrected chi connectivity index (χ2v) is 4.60. The van der Waals surface area contributed by atoms with Crippen LogP contribution in [0.3, 0.4) is 0 Å². The predicted molar refractivity (Wildman–Crippen MR) is 81.2 cm³/mol. The maximum absolute atomic E-state index is 12.3. The monoisotopic (exact) mass is 280 g/mol. The zero-order valence-corrected chi connectivity index (χ0v) is 11.0. The van der Waals surface area contributed by atoms with Gasteiger partial charge in [0.15, 0.2) is 16.9 Å². The summed E-state index contributed by atoms with van der Waals surface area (Å²) in [6, 6.07) is 11.5. The van der Waals surface area contributed by atoms with Crippen molar-refractivity contribution in [3.63, 3.8) is 0 Å². The molecule has 1 aromatic heterocycles. The highest BCUT2D eigenvalue weighted by Gasteiger charge is 2.04. The third kappa shape index (κ3) is 2.51. The second kappa shape index (κ2) is 5.17. The molecule has 4 nitrogen and oxygen atoms in total. The van der Waals surface area contributed by atoms with Crippen molar-refractivity contribution in [1.29, 1.82) is 0 Å². The molecule has 0 aliphatic heterocycles. The molecule has 0 radical (unpaired) electrons. The number of rotatable bonds is 2. The molecule has 0 amide bonds. The molecule has 21 heavy (non-hydrogen) atoms. The smallest absolute Gasteiger partial charge is 0.199 e. The molecule has 0 saturated heterocycles. The number of benzene rings is 2. The van der Waals surface area contributed by atoms with Crippen LogP contribution < -0.4 is 5.43 Å². The number of phenols is 2. The van der Waals surface area contributed by atoms with E-state index >= 15 is 0 Å². The molecule has 104 valence electrons. The SMILES string of the molecule is O=c1c(/C=C/c2ccc(O)c(O)c2)coc2ccccc12. The Morgan fingerprint density at radius 3 is 2.57 bits per heavy atom.